The highest BCUT2D eigenvalue weighted by atomic mass is 32.2. The van der Waals surface area contributed by atoms with Crippen molar-refractivity contribution in [2.45, 2.75) is 42.2 Å². The van der Waals surface area contributed by atoms with Gasteiger partial charge < -0.3 is 11.1 Å². The highest BCUT2D eigenvalue weighted by Gasteiger charge is 2.28. The third-order valence-corrected chi connectivity index (χ3v) is 8.05. The molecule has 2 aromatic carbocycles. The van der Waals surface area contributed by atoms with E-state index in [2.05, 4.69) is 15.3 Å². The van der Waals surface area contributed by atoms with Crippen LogP contribution >= 0.6 is 0 Å². The van der Waals surface area contributed by atoms with Crippen molar-refractivity contribution in [1.29, 1.82) is 5.41 Å². The van der Waals surface area contributed by atoms with E-state index in [4.69, 9.17) is 11.1 Å². The van der Waals surface area contributed by atoms with Gasteiger partial charge in [0, 0.05) is 29.2 Å². The minimum absolute atomic E-state index is 0.0311. The van der Waals surface area contributed by atoms with E-state index in [0.717, 1.165) is 48.9 Å². The van der Waals surface area contributed by atoms with Gasteiger partial charge in [-0.15, -0.1) is 0 Å². The lowest BCUT2D eigenvalue weighted by Gasteiger charge is -2.21. The second-order valence-electron chi connectivity index (χ2n) is 8.17. The molecule has 7 nitrogen and oxygen atoms in total. The van der Waals surface area contributed by atoms with E-state index >= 15 is 0 Å². The van der Waals surface area contributed by atoms with E-state index in [0.29, 0.717) is 16.4 Å². The van der Waals surface area contributed by atoms with Gasteiger partial charge in [0.05, 0.1) is 10.1 Å². The van der Waals surface area contributed by atoms with Crippen LogP contribution in [0.1, 0.15) is 48.8 Å². The lowest BCUT2D eigenvalue weighted by Crippen LogP contribution is -2.24. The highest BCUT2D eigenvalue weighted by molar-refractivity contribution is 7.92. The number of rotatable bonds is 7. The number of anilines is 2. The van der Waals surface area contributed by atoms with Gasteiger partial charge in [0.25, 0.3) is 0 Å². The van der Waals surface area contributed by atoms with Gasteiger partial charge in [-0.3, -0.25) is 5.41 Å². The number of hydrogen-bond acceptors (Lipinski definition) is 6. The number of nitrogens with two attached hydrogens (primary N) is 1. The molecule has 1 aliphatic rings. The molecule has 0 saturated heterocycles. The summed E-state index contributed by atoms with van der Waals surface area (Å²) in [5, 5.41) is 10.4. The molecule has 1 fully saturated rings. The fourth-order valence-electron chi connectivity index (χ4n) is 3.92. The monoisotopic (exact) mass is 461 g/mol. The Morgan fingerprint density at radius 2 is 1.64 bits per heavy atom. The molecular formula is C25H27N5O2S. The molecule has 0 radical (unpaired) electrons. The van der Waals surface area contributed by atoms with Crippen molar-refractivity contribution in [3.63, 3.8) is 0 Å². The molecule has 1 saturated carbocycles. The quantitative estimate of drug-likeness (QED) is 0.344. The summed E-state index contributed by atoms with van der Waals surface area (Å²) in [5.74, 6) is 0.456. The third-order valence-electron chi connectivity index (χ3n) is 5.77. The molecule has 4 rings (SSSR count). The van der Waals surface area contributed by atoms with Crippen molar-refractivity contribution < 1.29 is 8.42 Å². The molecule has 4 N–H and O–H groups in total. The van der Waals surface area contributed by atoms with Gasteiger partial charge in [0.2, 0.25) is 5.95 Å². The van der Waals surface area contributed by atoms with E-state index in [1.165, 1.54) is 0 Å². The number of hydrogen-bond donors (Lipinski definition) is 3. The van der Waals surface area contributed by atoms with Gasteiger partial charge in [-0.1, -0.05) is 49.6 Å². The predicted octanol–water partition coefficient (Wildman–Crippen LogP) is 4.78. The summed E-state index contributed by atoms with van der Waals surface area (Å²) in [6.07, 6.45) is 11.8. The fraction of sp³-hybridized carbons (Fsp3) is 0.240. The zero-order valence-electron chi connectivity index (χ0n) is 18.2. The smallest absolute Gasteiger partial charge is 0.227 e. The molecule has 1 aromatic heterocycles. The first-order valence-electron chi connectivity index (χ1n) is 11.0. The predicted molar refractivity (Wildman–Crippen MR) is 132 cm³/mol. The summed E-state index contributed by atoms with van der Waals surface area (Å²) < 4.78 is 25.7. The van der Waals surface area contributed by atoms with Crippen LogP contribution in [0.25, 0.3) is 12.2 Å². The van der Waals surface area contributed by atoms with Crippen molar-refractivity contribution in [2.24, 2.45) is 5.73 Å². The molecule has 1 aliphatic carbocycles. The Morgan fingerprint density at radius 1 is 0.970 bits per heavy atom. The Hall–Kier alpha value is -3.52. The number of nitrogens with zero attached hydrogens (tertiary/aromatic N) is 2. The molecule has 1 heterocycles. The topological polar surface area (TPSA) is 122 Å². The summed E-state index contributed by atoms with van der Waals surface area (Å²) in [4.78, 5) is 9.03. The van der Waals surface area contributed by atoms with Crippen LogP contribution in [0.4, 0.5) is 11.6 Å². The van der Waals surface area contributed by atoms with E-state index in [9.17, 15) is 8.42 Å². The first-order valence-corrected chi connectivity index (χ1v) is 12.5. The van der Waals surface area contributed by atoms with Gasteiger partial charge >= 0.3 is 0 Å². The molecule has 0 unspecified atom stereocenters. The molecule has 0 bridgehead atoms. The van der Waals surface area contributed by atoms with Crippen LogP contribution in [0, 0.1) is 5.41 Å². The number of amidine groups is 1. The number of benzene rings is 2. The summed E-state index contributed by atoms with van der Waals surface area (Å²) in [6, 6.07) is 14.2. The van der Waals surface area contributed by atoms with Crippen molar-refractivity contribution in [3.8, 4) is 0 Å². The van der Waals surface area contributed by atoms with Crippen LogP contribution in [-0.2, 0) is 9.84 Å². The number of aromatic nitrogens is 2. The maximum Gasteiger partial charge on any atom is 0.227 e. The number of nitrogens with one attached hydrogen (secondary N) is 2. The Labute approximate surface area is 194 Å². The van der Waals surface area contributed by atoms with E-state index in [-0.39, 0.29) is 11.1 Å². The van der Waals surface area contributed by atoms with Crippen molar-refractivity contribution in [2.75, 3.05) is 5.32 Å². The van der Waals surface area contributed by atoms with Crippen molar-refractivity contribution in [3.05, 3.63) is 77.6 Å². The maximum absolute atomic E-state index is 12.8. The van der Waals surface area contributed by atoms with Crippen LogP contribution in [0.2, 0.25) is 0 Å². The van der Waals surface area contributed by atoms with E-state index < -0.39 is 9.84 Å². The summed E-state index contributed by atoms with van der Waals surface area (Å²) in [5.41, 5.74) is 8.68. The number of sulfone groups is 1. The second-order valence-corrected chi connectivity index (χ2v) is 10.4. The highest BCUT2D eigenvalue weighted by Crippen LogP contribution is 2.29. The molecular weight excluding hydrogens is 434 g/mol. The summed E-state index contributed by atoms with van der Waals surface area (Å²) in [7, 11) is -3.28. The van der Waals surface area contributed by atoms with Gasteiger partial charge in [-0.05, 0) is 48.7 Å². The van der Waals surface area contributed by atoms with Gasteiger partial charge in [0.1, 0.15) is 5.84 Å². The third kappa shape index (κ3) is 5.64. The molecule has 0 aliphatic heterocycles. The molecule has 0 spiro atoms. The molecule has 8 heteroatoms. The van der Waals surface area contributed by atoms with Crippen LogP contribution < -0.4 is 11.1 Å². The molecule has 33 heavy (non-hydrogen) atoms. The van der Waals surface area contributed by atoms with Crippen molar-refractivity contribution in [1.82, 2.24) is 9.97 Å². The minimum atomic E-state index is -3.28. The second kappa shape index (κ2) is 9.95. The molecule has 3 aromatic rings. The lowest BCUT2D eigenvalue weighted by molar-refractivity contribution is 0.483. The van der Waals surface area contributed by atoms with Gasteiger partial charge in [-0.25, -0.2) is 18.4 Å². The SMILES string of the molecule is N=C(N)c1cccc(/C=C/c2cnc(Nc3ccc(S(=O)(=O)C4CCCCC4)cc3)nc2)c1. The van der Waals surface area contributed by atoms with Crippen molar-refractivity contribution >= 4 is 39.5 Å². The van der Waals surface area contributed by atoms with Crippen LogP contribution in [-0.4, -0.2) is 29.5 Å². The summed E-state index contributed by atoms with van der Waals surface area (Å²) >= 11 is 0. The first-order chi connectivity index (χ1) is 15.9. The molecule has 0 atom stereocenters. The zero-order chi connectivity index (χ0) is 23.3. The van der Waals surface area contributed by atoms with E-state index in [1.54, 1.807) is 42.7 Å². The zero-order valence-corrected chi connectivity index (χ0v) is 19.1. The average Bonchev–Trinajstić information content (AvgIpc) is 2.85. The van der Waals surface area contributed by atoms with Gasteiger partial charge in [0.15, 0.2) is 9.84 Å². The average molecular weight is 462 g/mol. The van der Waals surface area contributed by atoms with E-state index in [1.807, 2.05) is 30.4 Å². The Kier molecular flexibility index (Phi) is 6.84. The molecule has 170 valence electrons. The first kappa shape index (κ1) is 22.7. The maximum atomic E-state index is 12.8. The largest absolute Gasteiger partial charge is 0.384 e. The standard InChI is InChI=1S/C25H27N5O2S/c26-24(27)20-6-4-5-18(15-20)9-10-19-16-28-25(29-17-19)30-21-11-13-23(14-12-21)33(31,32)22-7-2-1-3-8-22/h4-6,9-17,22H,1-3,7-8H2,(H3,26,27)(H,28,29,30)/b10-9+. The van der Waals surface area contributed by atoms with Crippen LogP contribution in [0.3, 0.4) is 0 Å². The van der Waals surface area contributed by atoms with Crippen LogP contribution in [0.15, 0.2) is 65.8 Å². The van der Waals surface area contributed by atoms with Gasteiger partial charge in [-0.2, -0.15) is 0 Å². The normalized spacial score (nSPS) is 14.9. The summed E-state index contributed by atoms with van der Waals surface area (Å²) in [6.45, 7) is 0. The Bertz CT molecular complexity index is 1250. The minimum Gasteiger partial charge on any atom is -0.384 e. The van der Waals surface area contributed by atoms with Crippen LogP contribution in [0.5, 0.6) is 0 Å². The fourth-order valence-corrected chi connectivity index (χ4v) is 5.77. The number of nitrogen functional groups attached to an aromatic ring is 1. The Morgan fingerprint density at radius 3 is 2.30 bits per heavy atom. The Balaban J connectivity index is 1.40. The lowest BCUT2D eigenvalue weighted by atomic mass is 10.0. The molecule has 0 amide bonds.